The summed E-state index contributed by atoms with van der Waals surface area (Å²) in [7, 11) is 5.92. The minimum atomic E-state index is -0.608. The normalized spacial score (nSPS) is 24.3. The van der Waals surface area contributed by atoms with Gasteiger partial charge in [-0.25, -0.2) is 14.8 Å². The topological polar surface area (TPSA) is 136 Å². The zero-order chi connectivity index (χ0) is 38.4. The number of piperazine rings is 1. The van der Waals surface area contributed by atoms with Crippen molar-refractivity contribution in [1.29, 1.82) is 5.26 Å². The molecule has 2 aliphatic heterocycles. The molecule has 286 valence electrons. The fourth-order valence-corrected chi connectivity index (χ4v) is 9.48. The Morgan fingerprint density at radius 1 is 1.25 bits per heavy atom. The molecule has 1 amide bonds. The summed E-state index contributed by atoms with van der Waals surface area (Å²) in [5.41, 5.74) is 0.750. The van der Waals surface area contributed by atoms with Crippen LogP contribution in [-0.4, -0.2) is 113 Å². The van der Waals surface area contributed by atoms with E-state index < -0.39 is 11.0 Å². The third kappa shape index (κ3) is 7.84. The van der Waals surface area contributed by atoms with Gasteiger partial charge < -0.3 is 23.8 Å². The summed E-state index contributed by atoms with van der Waals surface area (Å²) in [4.78, 5) is 36.9. The van der Waals surface area contributed by atoms with Crippen molar-refractivity contribution in [2.24, 2.45) is 4.99 Å². The molecule has 15 heteroatoms. The van der Waals surface area contributed by atoms with Crippen LogP contribution in [0.4, 0.5) is 15.6 Å². The van der Waals surface area contributed by atoms with E-state index >= 15 is 0 Å². The van der Waals surface area contributed by atoms with Crippen molar-refractivity contribution < 1.29 is 18.8 Å². The van der Waals surface area contributed by atoms with Crippen LogP contribution in [0.5, 0.6) is 5.88 Å². The Kier molecular flexibility index (Phi) is 11.0. The van der Waals surface area contributed by atoms with Crippen LogP contribution < -0.4 is 9.64 Å². The van der Waals surface area contributed by atoms with Crippen LogP contribution in [0.25, 0.3) is 11.5 Å². The van der Waals surface area contributed by atoms with Gasteiger partial charge >= 0.3 is 6.09 Å². The molecule has 3 aromatic rings. The highest BCUT2D eigenvalue weighted by Gasteiger charge is 2.43. The molecule has 0 unspecified atom stereocenters. The molecule has 13 nitrogen and oxygen atoms in total. The zero-order valence-electron chi connectivity index (χ0n) is 32.6. The molecule has 2 fully saturated rings. The van der Waals surface area contributed by atoms with Gasteiger partial charge in [0.15, 0.2) is 17.3 Å². The van der Waals surface area contributed by atoms with Gasteiger partial charge in [-0.1, -0.05) is 16.8 Å². The molecule has 5 atom stereocenters. The van der Waals surface area contributed by atoms with Crippen LogP contribution in [0.1, 0.15) is 95.9 Å². The number of aliphatic imine (C=N–C) groups is 1. The van der Waals surface area contributed by atoms with Crippen LogP contribution in [-0.2, 0) is 16.6 Å². The molecule has 0 saturated carbocycles. The van der Waals surface area contributed by atoms with Gasteiger partial charge in [-0.05, 0) is 99.7 Å². The number of aromatic nitrogens is 3. The standard InChI is InChI=1S/C38H52ClN9O4S/c1-22-19-47(20-23(2)48(22)36(49)51-37(4,5)6)33-31(39)34(50-24(3)27-13-12-16-46(27)10)43-32(42-33)26-17-29(52-44-26)38(7)15-11-14-28-30(38)25(18-40)35(53-28)41-21-45(8)9/h17,21-24,27H,11-16,19-20H2,1-10H3/t22-,23-,24-,27-,38+/m0/s1. The van der Waals surface area contributed by atoms with Crippen LogP contribution in [0, 0.1) is 11.3 Å². The molecule has 0 spiro atoms. The Bertz CT molecular complexity index is 1890. The number of nitriles is 1. The van der Waals surface area contributed by atoms with E-state index in [4.69, 9.17) is 35.6 Å². The first-order valence-corrected chi connectivity index (χ1v) is 19.6. The molecule has 6 rings (SSSR count). The van der Waals surface area contributed by atoms with Gasteiger partial charge in [0, 0.05) is 44.2 Å². The molecule has 3 aliphatic rings. The van der Waals surface area contributed by atoms with Gasteiger partial charge in [-0.15, -0.1) is 11.3 Å². The second kappa shape index (κ2) is 15.1. The average Bonchev–Trinajstić information content (AvgIpc) is 3.82. The zero-order valence-corrected chi connectivity index (χ0v) is 34.1. The SMILES string of the molecule is C[C@H](Oc1nc(-c2cc([C@@]3(C)CCCc4sc(N=CN(C)C)c(C#N)c43)on2)nc(N2C[C@H](C)N(C(=O)OC(C)(C)C)[C@@H](C)C2)c1Cl)[C@@H]1CCCN1C. The summed E-state index contributed by atoms with van der Waals surface area (Å²) in [6.45, 7) is 15.7. The second-order valence-corrected chi connectivity index (χ2v) is 17.6. The number of hydrogen-bond donors (Lipinski definition) is 0. The highest BCUT2D eigenvalue weighted by Crippen LogP contribution is 2.51. The molecule has 1 aliphatic carbocycles. The molecule has 0 N–H and O–H groups in total. The monoisotopic (exact) mass is 765 g/mol. The molecule has 2 saturated heterocycles. The Balaban J connectivity index is 1.38. The Hall–Kier alpha value is -3.93. The van der Waals surface area contributed by atoms with Crippen molar-refractivity contribution in [3.8, 4) is 23.5 Å². The van der Waals surface area contributed by atoms with Crippen LogP contribution in [0.3, 0.4) is 0 Å². The first-order chi connectivity index (χ1) is 25.0. The number of nitrogens with zero attached hydrogens (tertiary/aromatic N) is 9. The maximum Gasteiger partial charge on any atom is 0.410 e. The summed E-state index contributed by atoms with van der Waals surface area (Å²) >= 11 is 8.72. The van der Waals surface area contributed by atoms with Gasteiger partial charge in [-0.2, -0.15) is 10.2 Å². The van der Waals surface area contributed by atoms with Gasteiger partial charge in [0.2, 0.25) is 5.88 Å². The van der Waals surface area contributed by atoms with Gasteiger partial charge in [0.1, 0.15) is 33.6 Å². The van der Waals surface area contributed by atoms with Crippen LogP contribution >= 0.6 is 22.9 Å². The molecular weight excluding hydrogens is 714 g/mol. The number of thiophene rings is 1. The number of fused-ring (bicyclic) bond motifs is 1. The molecule has 0 bridgehead atoms. The van der Waals surface area contributed by atoms with E-state index in [1.54, 1.807) is 22.6 Å². The number of carbonyl (C=O) groups is 1. The lowest BCUT2D eigenvalue weighted by atomic mass is 9.71. The molecule has 5 heterocycles. The molecule has 3 aromatic heterocycles. The Morgan fingerprint density at radius 2 is 1.96 bits per heavy atom. The van der Waals surface area contributed by atoms with E-state index in [0.29, 0.717) is 51.8 Å². The number of carbonyl (C=O) groups excluding carboxylic acids is 1. The lowest BCUT2D eigenvalue weighted by Gasteiger charge is -2.45. The van der Waals surface area contributed by atoms with Crippen molar-refractivity contribution in [3.05, 3.63) is 32.9 Å². The van der Waals surface area contributed by atoms with Gasteiger partial charge in [0.05, 0.1) is 29.4 Å². The molecule has 53 heavy (non-hydrogen) atoms. The van der Waals surface area contributed by atoms with Crippen molar-refractivity contribution >= 4 is 46.2 Å². The number of likely N-dealkylation sites (N-methyl/N-ethyl adjacent to an activating group) is 1. The number of anilines is 1. The highest BCUT2D eigenvalue weighted by atomic mass is 35.5. The summed E-state index contributed by atoms with van der Waals surface area (Å²) in [6.07, 6.45) is 5.90. The van der Waals surface area contributed by atoms with Gasteiger partial charge in [-0.3, -0.25) is 9.80 Å². The maximum absolute atomic E-state index is 13.2. The molecular formula is C38H52ClN9O4S. The fraction of sp³-hybridized carbons (Fsp3) is 0.632. The van der Waals surface area contributed by atoms with Crippen molar-refractivity contribution in [2.75, 3.05) is 45.7 Å². The highest BCUT2D eigenvalue weighted by molar-refractivity contribution is 7.16. The van der Waals surface area contributed by atoms with Crippen LogP contribution in [0.2, 0.25) is 5.02 Å². The predicted molar refractivity (Wildman–Crippen MR) is 208 cm³/mol. The smallest absolute Gasteiger partial charge is 0.410 e. The lowest BCUT2D eigenvalue weighted by Crippen LogP contribution is -2.59. The number of likely N-dealkylation sites (tertiary alicyclic amines) is 1. The Labute approximate surface area is 321 Å². The number of amides is 1. The number of ether oxygens (including phenoxy) is 2. The van der Waals surface area contributed by atoms with Crippen molar-refractivity contribution in [3.63, 3.8) is 0 Å². The fourth-order valence-electron chi connectivity index (χ4n) is 7.97. The number of rotatable bonds is 8. The van der Waals surface area contributed by atoms with Crippen molar-refractivity contribution in [2.45, 2.75) is 116 Å². The van der Waals surface area contributed by atoms with E-state index in [-0.39, 0.29) is 36.2 Å². The molecule has 0 radical (unpaired) electrons. The van der Waals surface area contributed by atoms with Crippen LogP contribution in [0.15, 0.2) is 15.6 Å². The molecule has 0 aromatic carbocycles. The van der Waals surface area contributed by atoms with E-state index in [1.165, 1.54) is 0 Å². The minimum absolute atomic E-state index is 0.183. The maximum atomic E-state index is 13.2. The van der Waals surface area contributed by atoms with E-state index in [1.807, 2.05) is 66.6 Å². The third-order valence-electron chi connectivity index (χ3n) is 10.4. The minimum Gasteiger partial charge on any atom is -0.472 e. The lowest BCUT2D eigenvalue weighted by molar-refractivity contribution is 0.00558. The average molecular weight is 766 g/mol. The van der Waals surface area contributed by atoms with E-state index in [2.05, 4.69) is 40.0 Å². The summed E-state index contributed by atoms with van der Waals surface area (Å²) in [6, 6.07) is 4.16. The van der Waals surface area contributed by atoms with Crippen molar-refractivity contribution in [1.82, 2.24) is 29.8 Å². The Morgan fingerprint density at radius 3 is 2.58 bits per heavy atom. The summed E-state index contributed by atoms with van der Waals surface area (Å²) in [5.74, 6) is 1.73. The first kappa shape index (κ1) is 38.8. The predicted octanol–water partition coefficient (Wildman–Crippen LogP) is 7.28. The van der Waals surface area contributed by atoms with E-state index in [9.17, 15) is 10.1 Å². The summed E-state index contributed by atoms with van der Waals surface area (Å²) in [5, 5.41) is 15.9. The third-order valence-corrected chi connectivity index (χ3v) is 11.9. The van der Waals surface area contributed by atoms with E-state index in [0.717, 1.165) is 49.1 Å². The van der Waals surface area contributed by atoms with Gasteiger partial charge in [0.25, 0.3) is 0 Å². The number of aryl methyl sites for hydroxylation is 1. The quantitative estimate of drug-likeness (QED) is 0.169. The summed E-state index contributed by atoms with van der Waals surface area (Å²) < 4.78 is 18.5. The number of halogens is 1. The number of hydrogen-bond acceptors (Lipinski definition) is 12. The first-order valence-electron chi connectivity index (χ1n) is 18.5. The second-order valence-electron chi connectivity index (χ2n) is 16.2. The largest absolute Gasteiger partial charge is 0.472 e.